The normalized spacial score (nSPS) is 10.1. The Morgan fingerprint density at radius 2 is 2.23 bits per heavy atom. The lowest BCUT2D eigenvalue weighted by atomic mass is 10.1. The van der Waals surface area contributed by atoms with E-state index in [1.807, 2.05) is 12.1 Å². The monoisotopic (exact) mass is 200 g/mol. The summed E-state index contributed by atoms with van der Waals surface area (Å²) in [6.07, 6.45) is 1.55. The van der Waals surface area contributed by atoms with Crippen LogP contribution < -0.4 is 4.74 Å². The topological polar surface area (TPSA) is 29.5 Å². The van der Waals surface area contributed by atoms with Gasteiger partial charge in [0.15, 0.2) is 0 Å². The number of ether oxygens (including phenoxy) is 1. The van der Waals surface area contributed by atoms with Crippen LogP contribution in [0.4, 0.5) is 0 Å². The molecule has 0 aromatic heterocycles. The number of aliphatic hydroxyl groups excluding tert-OH is 1. The quantitative estimate of drug-likeness (QED) is 0.808. The Morgan fingerprint density at radius 1 is 1.46 bits per heavy atom. The van der Waals surface area contributed by atoms with Crippen LogP contribution in [-0.4, -0.2) is 18.8 Å². The number of halogens is 1. The van der Waals surface area contributed by atoms with Crippen molar-refractivity contribution in [2.75, 3.05) is 13.7 Å². The lowest BCUT2D eigenvalue weighted by Gasteiger charge is -2.05. The molecular formula is C10H13ClO2. The van der Waals surface area contributed by atoms with Crippen molar-refractivity contribution >= 4 is 11.6 Å². The maximum absolute atomic E-state index is 8.65. The van der Waals surface area contributed by atoms with Crippen molar-refractivity contribution in [3.63, 3.8) is 0 Å². The van der Waals surface area contributed by atoms with Crippen LogP contribution in [0.25, 0.3) is 0 Å². The first-order valence-corrected chi connectivity index (χ1v) is 4.59. The van der Waals surface area contributed by atoms with Crippen molar-refractivity contribution in [3.8, 4) is 5.75 Å². The maximum atomic E-state index is 8.65. The van der Waals surface area contributed by atoms with Crippen molar-refractivity contribution in [1.82, 2.24) is 0 Å². The fraction of sp³-hybridized carbons (Fsp3) is 0.400. The first-order chi connectivity index (χ1) is 6.27. The molecule has 13 heavy (non-hydrogen) atoms. The van der Waals surface area contributed by atoms with Gasteiger partial charge in [0.1, 0.15) is 5.75 Å². The van der Waals surface area contributed by atoms with Gasteiger partial charge in [0.05, 0.1) is 7.11 Å². The first kappa shape index (κ1) is 10.4. The molecule has 72 valence electrons. The number of hydrogen-bond acceptors (Lipinski definition) is 2. The molecule has 0 radical (unpaired) electrons. The van der Waals surface area contributed by atoms with Crippen LogP contribution >= 0.6 is 11.6 Å². The van der Waals surface area contributed by atoms with Gasteiger partial charge in [-0.25, -0.2) is 0 Å². The van der Waals surface area contributed by atoms with Gasteiger partial charge in [0.25, 0.3) is 0 Å². The molecule has 1 aromatic rings. The zero-order valence-corrected chi connectivity index (χ0v) is 8.34. The fourth-order valence-electron chi connectivity index (χ4n) is 1.13. The van der Waals surface area contributed by atoms with Gasteiger partial charge in [0, 0.05) is 11.6 Å². The Labute approximate surface area is 83.1 Å². The molecule has 0 spiro atoms. The van der Waals surface area contributed by atoms with Crippen molar-refractivity contribution in [1.29, 1.82) is 0 Å². The summed E-state index contributed by atoms with van der Waals surface area (Å²) in [5, 5.41) is 9.35. The third-order valence-corrected chi connectivity index (χ3v) is 2.22. The average molecular weight is 201 g/mol. The van der Waals surface area contributed by atoms with E-state index in [4.69, 9.17) is 21.4 Å². The Bertz CT molecular complexity index is 274. The summed E-state index contributed by atoms with van der Waals surface area (Å²) in [4.78, 5) is 0. The molecule has 0 amide bonds. The van der Waals surface area contributed by atoms with E-state index in [-0.39, 0.29) is 6.61 Å². The van der Waals surface area contributed by atoms with Crippen LogP contribution in [0.3, 0.4) is 0 Å². The van der Waals surface area contributed by atoms with E-state index in [1.54, 1.807) is 13.2 Å². The molecule has 1 N–H and O–H groups in total. The van der Waals surface area contributed by atoms with Gasteiger partial charge < -0.3 is 9.84 Å². The molecule has 0 atom stereocenters. The summed E-state index contributed by atoms with van der Waals surface area (Å²) >= 11 is 5.98. The van der Waals surface area contributed by atoms with Crippen molar-refractivity contribution in [2.45, 2.75) is 12.8 Å². The fourth-order valence-corrected chi connectivity index (χ4v) is 1.39. The molecule has 0 saturated carbocycles. The molecule has 1 aromatic carbocycles. The molecular weight excluding hydrogens is 188 g/mol. The Hall–Kier alpha value is -0.730. The highest BCUT2D eigenvalue weighted by Crippen LogP contribution is 2.23. The molecule has 0 bridgehead atoms. The summed E-state index contributed by atoms with van der Waals surface area (Å²) in [5.74, 6) is 0.762. The van der Waals surface area contributed by atoms with E-state index in [0.717, 1.165) is 24.2 Å². The zero-order valence-electron chi connectivity index (χ0n) is 7.59. The number of methoxy groups -OCH3 is 1. The van der Waals surface area contributed by atoms with E-state index in [1.165, 1.54) is 0 Å². The Kier molecular flexibility index (Phi) is 4.06. The number of aliphatic hydroxyl groups is 1. The second kappa shape index (κ2) is 5.10. The molecule has 1 rings (SSSR count). The minimum Gasteiger partial charge on any atom is -0.497 e. The average Bonchev–Trinajstić information content (AvgIpc) is 2.16. The maximum Gasteiger partial charge on any atom is 0.120 e. The zero-order chi connectivity index (χ0) is 9.68. The molecule has 0 aliphatic heterocycles. The molecule has 0 saturated heterocycles. The smallest absolute Gasteiger partial charge is 0.120 e. The number of benzene rings is 1. The highest BCUT2D eigenvalue weighted by atomic mass is 35.5. The second-order valence-electron chi connectivity index (χ2n) is 2.78. The number of hydrogen-bond donors (Lipinski definition) is 1. The van der Waals surface area contributed by atoms with E-state index < -0.39 is 0 Å². The first-order valence-electron chi connectivity index (χ1n) is 4.21. The summed E-state index contributed by atoms with van der Waals surface area (Å²) < 4.78 is 5.02. The second-order valence-corrected chi connectivity index (χ2v) is 3.19. The van der Waals surface area contributed by atoms with Crippen LogP contribution in [0.5, 0.6) is 5.75 Å². The van der Waals surface area contributed by atoms with Gasteiger partial charge in [0.2, 0.25) is 0 Å². The van der Waals surface area contributed by atoms with Gasteiger partial charge in [-0.3, -0.25) is 0 Å². The lowest BCUT2D eigenvalue weighted by molar-refractivity contribution is 0.288. The molecule has 0 heterocycles. The molecule has 2 nitrogen and oxygen atoms in total. The van der Waals surface area contributed by atoms with E-state index in [2.05, 4.69) is 0 Å². The minimum absolute atomic E-state index is 0.197. The molecule has 3 heteroatoms. The SMILES string of the molecule is COc1ccc(CCCO)c(Cl)c1. The largest absolute Gasteiger partial charge is 0.497 e. The van der Waals surface area contributed by atoms with Crippen LogP contribution in [0.15, 0.2) is 18.2 Å². The standard InChI is InChI=1S/C10H13ClO2/c1-13-9-5-4-8(3-2-6-12)10(11)7-9/h4-5,7,12H,2-3,6H2,1H3. The summed E-state index contributed by atoms with van der Waals surface area (Å²) in [6.45, 7) is 0.197. The van der Waals surface area contributed by atoms with Gasteiger partial charge >= 0.3 is 0 Å². The van der Waals surface area contributed by atoms with Crippen LogP contribution in [0.1, 0.15) is 12.0 Å². The van der Waals surface area contributed by atoms with Crippen LogP contribution in [0, 0.1) is 0 Å². The van der Waals surface area contributed by atoms with Crippen LogP contribution in [-0.2, 0) is 6.42 Å². The molecule has 0 aliphatic carbocycles. The summed E-state index contributed by atoms with van der Waals surface area (Å²) in [6, 6.07) is 5.59. The van der Waals surface area contributed by atoms with E-state index >= 15 is 0 Å². The van der Waals surface area contributed by atoms with Gasteiger partial charge in [-0.2, -0.15) is 0 Å². The van der Waals surface area contributed by atoms with Gasteiger partial charge in [-0.15, -0.1) is 0 Å². The predicted octanol–water partition coefficient (Wildman–Crippen LogP) is 2.27. The Morgan fingerprint density at radius 3 is 2.77 bits per heavy atom. The number of aryl methyl sites for hydroxylation is 1. The molecule has 0 fully saturated rings. The van der Waals surface area contributed by atoms with E-state index in [9.17, 15) is 0 Å². The Balaban J connectivity index is 2.73. The third kappa shape index (κ3) is 2.90. The number of rotatable bonds is 4. The van der Waals surface area contributed by atoms with Crippen molar-refractivity contribution in [3.05, 3.63) is 28.8 Å². The third-order valence-electron chi connectivity index (χ3n) is 1.86. The summed E-state index contributed by atoms with van der Waals surface area (Å²) in [7, 11) is 1.61. The molecule has 0 unspecified atom stereocenters. The van der Waals surface area contributed by atoms with Gasteiger partial charge in [-0.05, 0) is 30.5 Å². The predicted molar refractivity (Wildman–Crippen MR) is 53.4 cm³/mol. The molecule has 0 aliphatic rings. The minimum atomic E-state index is 0.197. The van der Waals surface area contributed by atoms with Gasteiger partial charge in [-0.1, -0.05) is 17.7 Å². The highest BCUT2D eigenvalue weighted by molar-refractivity contribution is 6.31. The van der Waals surface area contributed by atoms with Crippen molar-refractivity contribution in [2.24, 2.45) is 0 Å². The summed E-state index contributed by atoms with van der Waals surface area (Å²) in [5.41, 5.74) is 1.05. The van der Waals surface area contributed by atoms with Crippen molar-refractivity contribution < 1.29 is 9.84 Å². The van der Waals surface area contributed by atoms with E-state index in [0.29, 0.717) is 5.02 Å². The highest BCUT2D eigenvalue weighted by Gasteiger charge is 2.01. The lowest BCUT2D eigenvalue weighted by Crippen LogP contribution is -1.91. The van der Waals surface area contributed by atoms with Crippen LogP contribution in [0.2, 0.25) is 5.02 Å².